The second-order valence-electron chi connectivity index (χ2n) is 5.01. The molecule has 0 saturated heterocycles. The molecule has 4 nitrogen and oxygen atoms in total. The fourth-order valence-corrected chi connectivity index (χ4v) is 2.73. The van der Waals surface area contributed by atoms with Crippen LogP contribution in [0.25, 0.3) is 0 Å². The Morgan fingerprint density at radius 3 is 2.26 bits per heavy atom. The molecule has 0 radical (unpaired) electrons. The standard InChI is InChI=1S/C16H15Cl2N3OS/c1-9-3-4-14(10(2)5-9)15(22)20-21-16(23)19-13-7-11(17)6-12(18)8-13/h3-8H,1-2H3,(H,20,22)(H2,19,21,23). The second-order valence-corrected chi connectivity index (χ2v) is 6.29. The highest BCUT2D eigenvalue weighted by molar-refractivity contribution is 7.80. The van der Waals surface area contributed by atoms with Gasteiger partial charge in [-0.1, -0.05) is 40.9 Å². The average molecular weight is 368 g/mol. The summed E-state index contributed by atoms with van der Waals surface area (Å²) in [4.78, 5) is 12.1. The van der Waals surface area contributed by atoms with Crippen LogP contribution in [0.15, 0.2) is 36.4 Å². The fourth-order valence-electron chi connectivity index (χ4n) is 2.04. The number of amides is 1. The smallest absolute Gasteiger partial charge is 0.269 e. The molecule has 7 heteroatoms. The van der Waals surface area contributed by atoms with Gasteiger partial charge in [0.25, 0.3) is 5.91 Å². The van der Waals surface area contributed by atoms with E-state index in [4.69, 9.17) is 35.4 Å². The Hall–Kier alpha value is -1.82. The number of halogens is 2. The number of hydrogen-bond donors (Lipinski definition) is 3. The van der Waals surface area contributed by atoms with Gasteiger partial charge in [0.1, 0.15) is 0 Å². The molecule has 3 N–H and O–H groups in total. The van der Waals surface area contributed by atoms with E-state index in [0.29, 0.717) is 21.3 Å². The van der Waals surface area contributed by atoms with Gasteiger partial charge < -0.3 is 5.32 Å². The molecule has 0 bridgehead atoms. The zero-order chi connectivity index (χ0) is 17.0. The first-order chi connectivity index (χ1) is 10.8. The minimum Gasteiger partial charge on any atom is -0.331 e. The van der Waals surface area contributed by atoms with E-state index in [1.54, 1.807) is 24.3 Å². The number of hydrazine groups is 1. The number of aryl methyl sites for hydroxylation is 2. The van der Waals surface area contributed by atoms with E-state index in [1.165, 1.54) is 0 Å². The number of hydrogen-bond acceptors (Lipinski definition) is 2. The number of anilines is 1. The minimum absolute atomic E-state index is 0.224. The van der Waals surface area contributed by atoms with Crippen LogP contribution in [-0.4, -0.2) is 11.0 Å². The van der Waals surface area contributed by atoms with E-state index in [2.05, 4.69) is 16.2 Å². The highest BCUT2D eigenvalue weighted by atomic mass is 35.5. The third kappa shape index (κ3) is 5.10. The Bertz CT molecular complexity index is 745. The first-order valence-corrected chi connectivity index (χ1v) is 7.92. The molecule has 0 aliphatic rings. The van der Waals surface area contributed by atoms with Crippen LogP contribution in [-0.2, 0) is 0 Å². The number of carbonyl (C=O) groups excluding carboxylic acids is 1. The van der Waals surface area contributed by atoms with Gasteiger partial charge in [-0.3, -0.25) is 15.6 Å². The third-order valence-corrected chi connectivity index (χ3v) is 3.68. The highest BCUT2D eigenvalue weighted by Crippen LogP contribution is 2.22. The summed E-state index contributed by atoms with van der Waals surface area (Å²) in [6, 6.07) is 10.6. The molecule has 0 fully saturated rings. The van der Waals surface area contributed by atoms with Crippen molar-refractivity contribution < 1.29 is 4.79 Å². The van der Waals surface area contributed by atoms with E-state index >= 15 is 0 Å². The van der Waals surface area contributed by atoms with Crippen LogP contribution >= 0.6 is 35.4 Å². The molecule has 0 spiro atoms. The summed E-state index contributed by atoms with van der Waals surface area (Å²) in [7, 11) is 0. The largest absolute Gasteiger partial charge is 0.331 e. The van der Waals surface area contributed by atoms with Crippen molar-refractivity contribution >= 4 is 52.1 Å². The van der Waals surface area contributed by atoms with Gasteiger partial charge in [-0.05, 0) is 55.9 Å². The fraction of sp³-hybridized carbons (Fsp3) is 0.125. The summed E-state index contributed by atoms with van der Waals surface area (Å²) in [6.07, 6.45) is 0. The van der Waals surface area contributed by atoms with Gasteiger partial charge in [0, 0.05) is 21.3 Å². The molecule has 0 aliphatic heterocycles. The van der Waals surface area contributed by atoms with E-state index in [9.17, 15) is 4.79 Å². The lowest BCUT2D eigenvalue weighted by molar-refractivity contribution is 0.0943. The maximum absolute atomic E-state index is 12.1. The van der Waals surface area contributed by atoms with Crippen LogP contribution in [0, 0.1) is 13.8 Å². The number of benzene rings is 2. The lowest BCUT2D eigenvalue weighted by Gasteiger charge is -2.13. The van der Waals surface area contributed by atoms with Crippen molar-refractivity contribution in [2.75, 3.05) is 5.32 Å². The summed E-state index contributed by atoms with van der Waals surface area (Å²) in [5.74, 6) is -0.268. The summed E-state index contributed by atoms with van der Waals surface area (Å²) in [6.45, 7) is 3.86. The van der Waals surface area contributed by atoms with Crippen molar-refractivity contribution in [2.45, 2.75) is 13.8 Å². The van der Waals surface area contributed by atoms with Crippen LogP contribution < -0.4 is 16.2 Å². The normalized spacial score (nSPS) is 10.1. The molecule has 0 unspecified atom stereocenters. The van der Waals surface area contributed by atoms with Crippen molar-refractivity contribution in [1.82, 2.24) is 10.9 Å². The maximum atomic E-state index is 12.1. The van der Waals surface area contributed by atoms with Gasteiger partial charge in [-0.2, -0.15) is 0 Å². The van der Waals surface area contributed by atoms with Gasteiger partial charge in [0.2, 0.25) is 0 Å². The molecule has 2 aromatic rings. The minimum atomic E-state index is -0.268. The first-order valence-electron chi connectivity index (χ1n) is 6.76. The zero-order valence-corrected chi connectivity index (χ0v) is 14.9. The summed E-state index contributed by atoms with van der Waals surface area (Å²) in [5, 5.41) is 4.09. The van der Waals surface area contributed by atoms with Crippen molar-refractivity contribution in [2.24, 2.45) is 0 Å². The summed E-state index contributed by atoms with van der Waals surface area (Å²) >= 11 is 16.9. The van der Waals surface area contributed by atoms with Crippen molar-refractivity contribution in [1.29, 1.82) is 0 Å². The first kappa shape index (κ1) is 17.5. The van der Waals surface area contributed by atoms with Crippen molar-refractivity contribution in [3.8, 4) is 0 Å². The number of carbonyl (C=O) groups is 1. The molecule has 0 aromatic heterocycles. The molecule has 0 aliphatic carbocycles. The molecular weight excluding hydrogens is 353 g/mol. The Kier molecular flexibility index (Phi) is 5.82. The predicted octanol–water partition coefficient (Wildman–Crippen LogP) is 4.24. The Morgan fingerprint density at radius 1 is 1.00 bits per heavy atom. The molecule has 0 heterocycles. The average Bonchev–Trinajstić information content (AvgIpc) is 2.43. The molecule has 0 atom stereocenters. The van der Waals surface area contributed by atoms with E-state index in [1.807, 2.05) is 26.0 Å². The number of nitrogens with one attached hydrogen (secondary N) is 3. The van der Waals surface area contributed by atoms with Gasteiger partial charge in [0.15, 0.2) is 5.11 Å². The SMILES string of the molecule is Cc1ccc(C(=O)NNC(=S)Nc2cc(Cl)cc(Cl)c2)c(C)c1. The lowest BCUT2D eigenvalue weighted by Crippen LogP contribution is -2.43. The molecule has 23 heavy (non-hydrogen) atoms. The summed E-state index contributed by atoms with van der Waals surface area (Å²) < 4.78 is 0. The van der Waals surface area contributed by atoms with Gasteiger partial charge in [-0.15, -0.1) is 0 Å². The van der Waals surface area contributed by atoms with Gasteiger partial charge in [-0.25, -0.2) is 0 Å². The molecule has 2 aromatic carbocycles. The highest BCUT2D eigenvalue weighted by Gasteiger charge is 2.09. The molecular formula is C16H15Cl2N3OS. The van der Waals surface area contributed by atoms with E-state index < -0.39 is 0 Å². The van der Waals surface area contributed by atoms with Crippen LogP contribution in [0.1, 0.15) is 21.5 Å². The van der Waals surface area contributed by atoms with E-state index in [-0.39, 0.29) is 11.0 Å². The quantitative estimate of drug-likeness (QED) is 0.548. The Labute approximate surface area is 150 Å². The topological polar surface area (TPSA) is 53.2 Å². The van der Waals surface area contributed by atoms with Gasteiger partial charge in [0.05, 0.1) is 0 Å². The zero-order valence-electron chi connectivity index (χ0n) is 12.5. The predicted molar refractivity (Wildman–Crippen MR) is 99.2 cm³/mol. The molecule has 120 valence electrons. The Balaban J connectivity index is 1.94. The number of thiocarbonyl (C=S) groups is 1. The molecule has 0 saturated carbocycles. The number of rotatable bonds is 2. The van der Waals surface area contributed by atoms with Crippen LogP contribution in [0.3, 0.4) is 0 Å². The van der Waals surface area contributed by atoms with Crippen LogP contribution in [0.5, 0.6) is 0 Å². The molecule has 1 amide bonds. The summed E-state index contributed by atoms with van der Waals surface area (Å²) in [5.41, 5.74) is 8.39. The van der Waals surface area contributed by atoms with Crippen molar-refractivity contribution in [3.05, 3.63) is 63.1 Å². The monoisotopic (exact) mass is 367 g/mol. The van der Waals surface area contributed by atoms with Crippen LogP contribution in [0.4, 0.5) is 5.69 Å². The van der Waals surface area contributed by atoms with E-state index in [0.717, 1.165) is 11.1 Å². The van der Waals surface area contributed by atoms with Crippen LogP contribution in [0.2, 0.25) is 10.0 Å². The Morgan fingerprint density at radius 2 is 1.65 bits per heavy atom. The second kappa shape index (κ2) is 7.64. The maximum Gasteiger partial charge on any atom is 0.269 e. The van der Waals surface area contributed by atoms with Gasteiger partial charge >= 0.3 is 0 Å². The van der Waals surface area contributed by atoms with Crippen molar-refractivity contribution in [3.63, 3.8) is 0 Å². The third-order valence-electron chi connectivity index (χ3n) is 3.04. The molecule has 2 rings (SSSR count). The lowest BCUT2D eigenvalue weighted by atomic mass is 10.1.